The number of aromatic nitrogens is 1. The molecular formula is C8H6BrNS2. The summed E-state index contributed by atoms with van der Waals surface area (Å²) >= 11 is 10.4. The molecule has 0 saturated heterocycles. The maximum Gasteiger partial charge on any atom is 0.123 e. The van der Waals surface area contributed by atoms with E-state index in [1.807, 2.05) is 17.8 Å². The van der Waals surface area contributed by atoms with Gasteiger partial charge in [0.15, 0.2) is 0 Å². The van der Waals surface area contributed by atoms with E-state index >= 15 is 0 Å². The number of hydrogen-bond donors (Lipinski definition) is 0. The van der Waals surface area contributed by atoms with Gasteiger partial charge in [-0.3, -0.25) is 0 Å². The van der Waals surface area contributed by atoms with Gasteiger partial charge in [-0.05, 0) is 33.4 Å². The Morgan fingerprint density at radius 2 is 2.33 bits per heavy atom. The first kappa shape index (κ1) is 8.41. The lowest BCUT2D eigenvalue weighted by atomic mass is 10.3. The standard InChI is InChI=1S/C8H6BrNS2/c1-10-3-2-5-4-6(9)12-7(5)8(10)11/h2-4H,1H3. The molecule has 0 aliphatic carbocycles. The highest BCUT2D eigenvalue weighted by Gasteiger charge is 2.00. The van der Waals surface area contributed by atoms with Crippen molar-refractivity contribution in [3.05, 3.63) is 26.8 Å². The normalized spacial score (nSPS) is 10.8. The summed E-state index contributed by atoms with van der Waals surface area (Å²) in [5, 5.41) is 1.22. The van der Waals surface area contributed by atoms with E-state index in [2.05, 4.69) is 28.1 Å². The Balaban J connectivity index is 2.99. The predicted molar refractivity (Wildman–Crippen MR) is 59.3 cm³/mol. The second kappa shape index (κ2) is 2.94. The second-order valence-electron chi connectivity index (χ2n) is 2.57. The van der Waals surface area contributed by atoms with E-state index in [4.69, 9.17) is 12.2 Å². The topological polar surface area (TPSA) is 4.93 Å². The summed E-state index contributed by atoms with van der Waals surface area (Å²) in [6.45, 7) is 0. The van der Waals surface area contributed by atoms with Crippen LogP contribution < -0.4 is 0 Å². The molecule has 0 aliphatic rings. The molecule has 0 amide bonds. The summed E-state index contributed by atoms with van der Waals surface area (Å²) in [4.78, 5) is 0. The van der Waals surface area contributed by atoms with Gasteiger partial charge in [0.25, 0.3) is 0 Å². The number of thiophene rings is 1. The minimum Gasteiger partial charge on any atom is -0.341 e. The molecule has 2 aromatic rings. The molecule has 0 aromatic carbocycles. The van der Waals surface area contributed by atoms with Gasteiger partial charge in [0.2, 0.25) is 0 Å². The Bertz CT molecular complexity index is 483. The zero-order chi connectivity index (χ0) is 8.72. The molecule has 0 aliphatic heterocycles. The first-order valence-corrected chi connectivity index (χ1v) is 5.45. The molecule has 4 heteroatoms. The largest absolute Gasteiger partial charge is 0.341 e. The summed E-state index contributed by atoms with van der Waals surface area (Å²) in [5.74, 6) is 0. The number of fused-ring (bicyclic) bond motifs is 1. The summed E-state index contributed by atoms with van der Waals surface area (Å²) in [5.41, 5.74) is 0. The lowest BCUT2D eigenvalue weighted by Crippen LogP contribution is -1.88. The number of halogens is 1. The molecule has 0 bridgehead atoms. The van der Waals surface area contributed by atoms with Crippen molar-refractivity contribution < 1.29 is 0 Å². The second-order valence-corrected chi connectivity index (χ2v) is 5.38. The minimum absolute atomic E-state index is 0.906. The van der Waals surface area contributed by atoms with Crippen molar-refractivity contribution in [1.29, 1.82) is 0 Å². The number of rotatable bonds is 0. The van der Waals surface area contributed by atoms with E-state index in [1.54, 1.807) is 11.3 Å². The highest BCUT2D eigenvalue weighted by atomic mass is 79.9. The molecule has 0 N–H and O–H groups in total. The van der Waals surface area contributed by atoms with Crippen molar-refractivity contribution in [3.63, 3.8) is 0 Å². The molecule has 0 atom stereocenters. The van der Waals surface area contributed by atoms with Gasteiger partial charge >= 0.3 is 0 Å². The fourth-order valence-corrected chi connectivity index (χ4v) is 2.98. The number of aryl methyl sites for hydroxylation is 1. The third kappa shape index (κ3) is 1.24. The molecule has 0 unspecified atom stereocenters. The molecule has 0 radical (unpaired) electrons. The maximum absolute atomic E-state index is 5.26. The molecule has 12 heavy (non-hydrogen) atoms. The van der Waals surface area contributed by atoms with Gasteiger partial charge in [-0.25, -0.2) is 0 Å². The lowest BCUT2D eigenvalue weighted by molar-refractivity contribution is 0.901. The van der Waals surface area contributed by atoms with E-state index in [0.717, 1.165) is 8.43 Å². The Morgan fingerprint density at radius 1 is 1.58 bits per heavy atom. The van der Waals surface area contributed by atoms with Crippen LogP contribution in [0.4, 0.5) is 0 Å². The maximum atomic E-state index is 5.26. The van der Waals surface area contributed by atoms with Crippen molar-refractivity contribution in [2.75, 3.05) is 0 Å². The van der Waals surface area contributed by atoms with Gasteiger partial charge in [-0.1, -0.05) is 12.2 Å². The highest BCUT2D eigenvalue weighted by Crippen LogP contribution is 2.29. The smallest absolute Gasteiger partial charge is 0.123 e. The molecule has 2 rings (SSSR count). The van der Waals surface area contributed by atoms with Gasteiger partial charge in [0, 0.05) is 13.2 Å². The first-order chi connectivity index (χ1) is 5.68. The first-order valence-electron chi connectivity index (χ1n) is 3.43. The SMILES string of the molecule is Cn1ccc2cc(Br)sc2c1=S. The van der Waals surface area contributed by atoms with Crippen LogP contribution in [-0.4, -0.2) is 4.57 Å². The van der Waals surface area contributed by atoms with E-state index in [-0.39, 0.29) is 0 Å². The molecule has 0 saturated carbocycles. The van der Waals surface area contributed by atoms with Gasteiger partial charge < -0.3 is 4.57 Å². The quantitative estimate of drug-likeness (QED) is 0.653. The molecule has 0 fully saturated rings. The van der Waals surface area contributed by atoms with Crippen LogP contribution in [0.5, 0.6) is 0 Å². The fraction of sp³-hybridized carbons (Fsp3) is 0.125. The average Bonchev–Trinajstić information content (AvgIpc) is 2.39. The van der Waals surface area contributed by atoms with E-state index < -0.39 is 0 Å². The van der Waals surface area contributed by atoms with Crippen molar-refractivity contribution in [1.82, 2.24) is 4.57 Å². The monoisotopic (exact) mass is 259 g/mol. The molecule has 1 nitrogen and oxygen atoms in total. The summed E-state index contributed by atoms with van der Waals surface area (Å²) in [6, 6.07) is 4.17. The van der Waals surface area contributed by atoms with Crippen molar-refractivity contribution >= 4 is 49.6 Å². The van der Waals surface area contributed by atoms with E-state index in [0.29, 0.717) is 0 Å². The van der Waals surface area contributed by atoms with Crippen LogP contribution in [0.1, 0.15) is 0 Å². The van der Waals surface area contributed by atoms with Gasteiger partial charge in [0.05, 0.1) is 8.49 Å². The molecule has 2 aromatic heterocycles. The lowest BCUT2D eigenvalue weighted by Gasteiger charge is -1.96. The van der Waals surface area contributed by atoms with Crippen molar-refractivity contribution in [3.8, 4) is 0 Å². The third-order valence-corrected chi connectivity index (χ3v) is 4.00. The van der Waals surface area contributed by atoms with Crippen molar-refractivity contribution in [2.45, 2.75) is 0 Å². The van der Waals surface area contributed by atoms with Crippen LogP contribution in [0, 0.1) is 4.64 Å². The zero-order valence-corrected chi connectivity index (χ0v) is 9.59. The van der Waals surface area contributed by atoms with Gasteiger partial charge in [-0.15, -0.1) is 11.3 Å². The summed E-state index contributed by atoms with van der Waals surface area (Å²) in [7, 11) is 1.97. The highest BCUT2D eigenvalue weighted by molar-refractivity contribution is 9.11. The number of pyridine rings is 1. The average molecular weight is 260 g/mol. The van der Waals surface area contributed by atoms with Gasteiger partial charge in [-0.2, -0.15) is 0 Å². The van der Waals surface area contributed by atoms with Gasteiger partial charge in [0.1, 0.15) is 4.64 Å². The minimum atomic E-state index is 0.906. The van der Waals surface area contributed by atoms with Crippen LogP contribution in [0.25, 0.3) is 10.1 Å². The zero-order valence-electron chi connectivity index (χ0n) is 6.37. The van der Waals surface area contributed by atoms with Crippen LogP contribution in [0.3, 0.4) is 0 Å². The molecular weight excluding hydrogens is 254 g/mol. The van der Waals surface area contributed by atoms with Crippen LogP contribution >= 0.6 is 39.5 Å². The predicted octanol–water partition coefficient (Wildman–Crippen LogP) is 3.73. The van der Waals surface area contributed by atoms with Crippen LogP contribution in [0.15, 0.2) is 22.1 Å². The van der Waals surface area contributed by atoms with Crippen LogP contribution in [-0.2, 0) is 7.05 Å². The molecule has 62 valence electrons. The molecule has 2 heterocycles. The Kier molecular flexibility index (Phi) is 2.06. The Hall–Kier alpha value is -0.190. The Labute approximate surface area is 87.8 Å². The number of hydrogen-bond acceptors (Lipinski definition) is 2. The van der Waals surface area contributed by atoms with E-state index in [9.17, 15) is 0 Å². The van der Waals surface area contributed by atoms with Crippen molar-refractivity contribution in [2.24, 2.45) is 7.05 Å². The number of nitrogens with zero attached hydrogens (tertiary/aromatic N) is 1. The third-order valence-electron chi connectivity index (χ3n) is 1.72. The summed E-state index contributed by atoms with van der Waals surface area (Å²) in [6.07, 6.45) is 1.99. The molecule has 0 spiro atoms. The van der Waals surface area contributed by atoms with E-state index in [1.165, 1.54) is 10.1 Å². The Morgan fingerprint density at radius 3 is 3.08 bits per heavy atom. The fourth-order valence-electron chi connectivity index (χ4n) is 1.08. The summed E-state index contributed by atoms with van der Waals surface area (Å²) < 4.78 is 5.18. The van der Waals surface area contributed by atoms with Crippen LogP contribution in [0.2, 0.25) is 0 Å².